The Morgan fingerprint density at radius 1 is 1.33 bits per heavy atom. The number of rotatable bonds is 5. The Labute approximate surface area is 138 Å². The number of carbonyl (C=O) groups is 1. The zero-order valence-corrected chi connectivity index (χ0v) is 14.2. The molecule has 3 nitrogen and oxygen atoms in total. The van der Waals surface area contributed by atoms with Gasteiger partial charge >= 0.3 is 0 Å². The number of carbonyl (C=O) groups excluding carboxylic acids is 1. The lowest BCUT2D eigenvalue weighted by molar-refractivity contribution is -0.125. The molecule has 2 rings (SSSR count). The van der Waals surface area contributed by atoms with Gasteiger partial charge in [-0.1, -0.05) is 37.6 Å². The highest BCUT2D eigenvalue weighted by molar-refractivity contribution is 6.30. The van der Waals surface area contributed by atoms with Gasteiger partial charge in [-0.25, -0.2) is 0 Å². The summed E-state index contributed by atoms with van der Waals surface area (Å²) in [5.74, 6) is 1.01. The van der Waals surface area contributed by atoms with Gasteiger partial charge in [-0.3, -0.25) is 4.79 Å². The zero-order chi connectivity index (χ0) is 14.9. The molecule has 1 aliphatic rings. The molecule has 5 unspecified atom stereocenters. The number of halogens is 2. The van der Waals surface area contributed by atoms with Crippen LogP contribution in [0.15, 0.2) is 24.3 Å². The lowest BCUT2D eigenvalue weighted by atomic mass is 9.98. The molecule has 0 bridgehead atoms. The standard InChI is InChI=1S/C16H23ClN2O.ClH/c1-9-8-14(9)15(12-4-6-13(17)7-5-12)19-16(20)10(2)11(3)18;/h4-7,9-11,14-15H,8,18H2,1-3H3,(H,19,20);1H. The highest BCUT2D eigenvalue weighted by Gasteiger charge is 2.41. The highest BCUT2D eigenvalue weighted by atomic mass is 35.5. The first-order valence-electron chi connectivity index (χ1n) is 7.21. The predicted molar refractivity (Wildman–Crippen MR) is 89.7 cm³/mol. The molecular formula is C16H24Cl2N2O. The SMILES string of the molecule is CC(N)C(C)C(=O)NC(c1ccc(Cl)cc1)C1CC1C.Cl. The molecule has 0 aromatic heterocycles. The summed E-state index contributed by atoms with van der Waals surface area (Å²) in [5.41, 5.74) is 6.93. The van der Waals surface area contributed by atoms with Crippen LogP contribution in [0.4, 0.5) is 0 Å². The monoisotopic (exact) mass is 330 g/mol. The molecule has 118 valence electrons. The van der Waals surface area contributed by atoms with Crippen molar-refractivity contribution in [1.82, 2.24) is 5.32 Å². The van der Waals surface area contributed by atoms with Crippen molar-refractivity contribution >= 4 is 29.9 Å². The number of benzene rings is 1. The van der Waals surface area contributed by atoms with Crippen molar-refractivity contribution in [2.75, 3.05) is 0 Å². The van der Waals surface area contributed by atoms with Gasteiger partial charge in [-0.05, 0) is 42.9 Å². The summed E-state index contributed by atoms with van der Waals surface area (Å²) in [6.45, 7) is 5.95. The van der Waals surface area contributed by atoms with Crippen molar-refractivity contribution in [3.63, 3.8) is 0 Å². The largest absolute Gasteiger partial charge is 0.349 e. The Hall–Kier alpha value is -0.770. The van der Waals surface area contributed by atoms with Gasteiger partial charge in [0.25, 0.3) is 0 Å². The van der Waals surface area contributed by atoms with Crippen LogP contribution in [0.5, 0.6) is 0 Å². The number of hydrogen-bond acceptors (Lipinski definition) is 2. The average molecular weight is 331 g/mol. The van der Waals surface area contributed by atoms with Crippen LogP contribution in [0.2, 0.25) is 5.02 Å². The predicted octanol–water partition coefficient (Wildman–Crippen LogP) is 3.56. The summed E-state index contributed by atoms with van der Waals surface area (Å²) < 4.78 is 0. The molecule has 0 heterocycles. The number of nitrogens with one attached hydrogen (secondary N) is 1. The van der Waals surface area contributed by atoms with E-state index in [1.54, 1.807) is 0 Å². The molecule has 5 atom stereocenters. The van der Waals surface area contributed by atoms with E-state index in [-0.39, 0.29) is 36.3 Å². The molecule has 3 N–H and O–H groups in total. The lowest BCUT2D eigenvalue weighted by Gasteiger charge is -2.23. The van der Waals surface area contributed by atoms with Crippen molar-refractivity contribution in [1.29, 1.82) is 0 Å². The van der Waals surface area contributed by atoms with Gasteiger partial charge in [-0.15, -0.1) is 12.4 Å². The van der Waals surface area contributed by atoms with Crippen LogP contribution >= 0.6 is 24.0 Å². The van der Waals surface area contributed by atoms with E-state index in [0.29, 0.717) is 16.9 Å². The van der Waals surface area contributed by atoms with Crippen LogP contribution in [0.1, 0.15) is 38.8 Å². The highest BCUT2D eigenvalue weighted by Crippen LogP contribution is 2.47. The maximum Gasteiger partial charge on any atom is 0.224 e. The minimum absolute atomic E-state index is 0. The second-order valence-corrected chi connectivity index (χ2v) is 6.50. The molecule has 0 spiro atoms. The zero-order valence-electron chi connectivity index (χ0n) is 12.7. The van der Waals surface area contributed by atoms with Crippen molar-refractivity contribution in [2.24, 2.45) is 23.5 Å². The summed E-state index contributed by atoms with van der Waals surface area (Å²) >= 11 is 5.93. The number of nitrogens with two attached hydrogens (primary N) is 1. The molecule has 21 heavy (non-hydrogen) atoms. The van der Waals surface area contributed by atoms with E-state index >= 15 is 0 Å². The molecule has 0 aliphatic heterocycles. The van der Waals surface area contributed by atoms with Gasteiger partial charge in [0.1, 0.15) is 0 Å². The molecule has 5 heteroatoms. The molecule has 1 amide bonds. The van der Waals surface area contributed by atoms with E-state index < -0.39 is 0 Å². The fourth-order valence-electron chi connectivity index (χ4n) is 2.45. The Morgan fingerprint density at radius 3 is 2.29 bits per heavy atom. The van der Waals surface area contributed by atoms with Crippen LogP contribution in [0.25, 0.3) is 0 Å². The first-order valence-corrected chi connectivity index (χ1v) is 7.59. The smallest absolute Gasteiger partial charge is 0.224 e. The normalized spacial score (nSPS) is 24.4. The van der Waals surface area contributed by atoms with Crippen LogP contribution in [0, 0.1) is 17.8 Å². The van der Waals surface area contributed by atoms with Crippen LogP contribution in [-0.4, -0.2) is 11.9 Å². The van der Waals surface area contributed by atoms with E-state index in [2.05, 4.69) is 12.2 Å². The van der Waals surface area contributed by atoms with Gasteiger partial charge < -0.3 is 11.1 Å². The lowest BCUT2D eigenvalue weighted by Crippen LogP contribution is -2.40. The third-order valence-electron chi connectivity index (χ3n) is 4.33. The van der Waals surface area contributed by atoms with Crippen LogP contribution < -0.4 is 11.1 Å². The summed E-state index contributed by atoms with van der Waals surface area (Å²) in [6, 6.07) is 7.66. The Bertz CT molecular complexity index is 476. The van der Waals surface area contributed by atoms with E-state index in [1.165, 1.54) is 0 Å². The summed E-state index contributed by atoms with van der Waals surface area (Å²) in [7, 11) is 0. The molecule has 1 aliphatic carbocycles. The molecule has 1 fully saturated rings. The molecule has 1 aromatic rings. The minimum atomic E-state index is -0.182. The quantitative estimate of drug-likeness (QED) is 0.867. The van der Waals surface area contributed by atoms with E-state index in [1.807, 2.05) is 38.1 Å². The van der Waals surface area contributed by atoms with Gasteiger partial charge in [-0.2, -0.15) is 0 Å². The van der Waals surface area contributed by atoms with Crippen molar-refractivity contribution < 1.29 is 4.79 Å². The first-order chi connectivity index (χ1) is 9.40. The fourth-order valence-corrected chi connectivity index (χ4v) is 2.57. The van der Waals surface area contributed by atoms with Crippen molar-refractivity contribution in [3.05, 3.63) is 34.9 Å². The van der Waals surface area contributed by atoms with Gasteiger partial charge in [0.2, 0.25) is 5.91 Å². The van der Waals surface area contributed by atoms with Gasteiger partial charge in [0.15, 0.2) is 0 Å². The Kier molecular flexibility index (Phi) is 6.51. The van der Waals surface area contributed by atoms with Crippen LogP contribution in [-0.2, 0) is 4.79 Å². The summed E-state index contributed by atoms with van der Waals surface area (Å²) in [4.78, 5) is 12.3. The van der Waals surface area contributed by atoms with Crippen LogP contribution in [0.3, 0.4) is 0 Å². The topological polar surface area (TPSA) is 55.1 Å². The number of amides is 1. The van der Waals surface area contributed by atoms with E-state index in [4.69, 9.17) is 17.3 Å². The Morgan fingerprint density at radius 2 is 1.86 bits per heavy atom. The van der Waals surface area contributed by atoms with E-state index in [0.717, 1.165) is 12.0 Å². The Balaban J connectivity index is 0.00000220. The average Bonchev–Trinajstić information content (AvgIpc) is 3.12. The van der Waals surface area contributed by atoms with E-state index in [9.17, 15) is 4.79 Å². The first kappa shape index (κ1) is 18.3. The van der Waals surface area contributed by atoms with Crippen molar-refractivity contribution in [3.8, 4) is 0 Å². The third kappa shape index (κ3) is 4.60. The van der Waals surface area contributed by atoms with Crippen molar-refractivity contribution in [2.45, 2.75) is 39.3 Å². The van der Waals surface area contributed by atoms with Gasteiger partial charge in [0.05, 0.1) is 6.04 Å². The van der Waals surface area contributed by atoms with Gasteiger partial charge in [0, 0.05) is 17.0 Å². The molecule has 1 aromatic carbocycles. The number of hydrogen-bond donors (Lipinski definition) is 2. The molecule has 1 saturated carbocycles. The molecule has 0 radical (unpaired) electrons. The maximum atomic E-state index is 12.3. The minimum Gasteiger partial charge on any atom is -0.349 e. The summed E-state index contributed by atoms with van der Waals surface area (Å²) in [6.07, 6.45) is 1.15. The molecular weight excluding hydrogens is 307 g/mol. The maximum absolute atomic E-state index is 12.3. The second-order valence-electron chi connectivity index (χ2n) is 6.06. The third-order valence-corrected chi connectivity index (χ3v) is 4.58. The molecule has 0 saturated heterocycles. The fraction of sp³-hybridized carbons (Fsp3) is 0.562. The second kappa shape index (κ2) is 7.48. The summed E-state index contributed by atoms with van der Waals surface area (Å²) in [5, 5.41) is 3.88.